The number of hydrogen-bond donors (Lipinski definition) is 1. The number of ether oxygens (including phenoxy) is 1. The number of benzene rings is 1. The zero-order valence-corrected chi connectivity index (χ0v) is 7.88. The highest BCUT2D eigenvalue weighted by molar-refractivity contribution is 5.79. The zero-order valence-electron chi connectivity index (χ0n) is 7.88. The van der Waals surface area contributed by atoms with Crippen molar-refractivity contribution in [2.75, 3.05) is 0 Å². The summed E-state index contributed by atoms with van der Waals surface area (Å²) >= 11 is 0. The molecule has 0 unspecified atom stereocenters. The van der Waals surface area contributed by atoms with E-state index >= 15 is 0 Å². The van der Waals surface area contributed by atoms with Gasteiger partial charge in [-0.05, 0) is 12.1 Å². The highest BCUT2D eigenvalue weighted by Gasteiger charge is 2.02. The lowest BCUT2D eigenvalue weighted by Crippen LogP contribution is -1.98. The van der Waals surface area contributed by atoms with Gasteiger partial charge in [0.15, 0.2) is 6.29 Å². The fourth-order valence-electron chi connectivity index (χ4n) is 1.16. The summed E-state index contributed by atoms with van der Waals surface area (Å²) in [5.41, 5.74) is 1.22. The number of hydrogen-bond acceptors (Lipinski definition) is 4. The van der Waals surface area contributed by atoms with Crippen LogP contribution in [0.4, 0.5) is 0 Å². The van der Waals surface area contributed by atoms with Gasteiger partial charge in [-0.2, -0.15) is 15.4 Å². The number of aromatic nitrogens is 3. The summed E-state index contributed by atoms with van der Waals surface area (Å²) in [5.74, 6) is 0.551. The van der Waals surface area contributed by atoms with E-state index in [1.807, 2.05) is 6.07 Å². The van der Waals surface area contributed by atoms with Gasteiger partial charge in [-0.25, -0.2) is 0 Å². The van der Waals surface area contributed by atoms with Crippen molar-refractivity contribution >= 4 is 6.29 Å². The smallest absolute Gasteiger partial charge is 0.153 e. The molecule has 1 aromatic heterocycles. The molecule has 0 fully saturated rings. The molecule has 0 bridgehead atoms. The fourth-order valence-corrected chi connectivity index (χ4v) is 1.16. The van der Waals surface area contributed by atoms with E-state index in [-0.39, 0.29) is 0 Å². The van der Waals surface area contributed by atoms with Gasteiger partial charge >= 0.3 is 0 Å². The number of aldehydes is 1. The maximum Gasteiger partial charge on any atom is 0.153 e. The summed E-state index contributed by atoms with van der Waals surface area (Å²) in [6, 6.07) is 7.03. The van der Waals surface area contributed by atoms with Crippen LogP contribution in [-0.4, -0.2) is 21.7 Å². The van der Waals surface area contributed by atoms with Crippen LogP contribution in [0, 0.1) is 0 Å². The number of aromatic amines is 1. The monoisotopic (exact) mass is 203 g/mol. The van der Waals surface area contributed by atoms with E-state index in [9.17, 15) is 4.79 Å². The average Bonchev–Trinajstić information content (AvgIpc) is 2.79. The molecule has 1 N–H and O–H groups in total. The second-order valence-electron chi connectivity index (χ2n) is 2.91. The SMILES string of the molecule is O=Cc1ccccc1OCc1cn[nH]n1. The van der Waals surface area contributed by atoms with Crippen LogP contribution in [0.2, 0.25) is 0 Å². The Balaban J connectivity index is 2.07. The van der Waals surface area contributed by atoms with Crippen molar-refractivity contribution in [3.63, 3.8) is 0 Å². The van der Waals surface area contributed by atoms with E-state index in [0.717, 1.165) is 6.29 Å². The first kappa shape index (κ1) is 9.39. The van der Waals surface area contributed by atoms with Gasteiger partial charge in [-0.1, -0.05) is 12.1 Å². The minimum atomic E-state index is 0.293. The normalized spacial score (nSPS) is 9.87. The Bertz CT molecular complexity index is 440. The molecular weight excluding hydrogens is 194 g/mol. The summed E-state index contributed by atoms with van der Waals surface area (Å²) in [4.78, 5) is 10.7. The lowest BCUT2D eigenvalue weighted by Gasteiger charge is -2.05. The van der Waals surface area contributed by atoms with Crippen molar-refractivity contribution < 1.29 is 9.53 Å². The number of nitrogens with one attached hydrogen (secondary N) is 1. The summed E-state index contributed by atoms with van der Waals surface area (Å²) in [5, 5.41) is 9.97. The second-order valence-corrected chi connectivity index (χ2v) is 2.91. The molecule has 15 heavy (non-hydrogen) atoms. The van der Waals surface area contributed by atoms with E-state index in [1.165, 1.54) is 0 Å². The molecule has 5 nitrogen and oxygen atoms in total. The van der Waals surface area contributed by atoms with Crippen LogP contribution in [-0.2, 0) is 6.61 Å². The third-order valence-electron chi connectivity index (χ3n) is 1.89. The molecule has 0 saturated carbocycles. The Morgan fingerprint density at radius 1 is 1.40 bits per heavy atom. The first-order valence-electron chi connectivity index (χ1n) is 4.42. The molecule has 5 heteroatoms. The van der Waals surface area contributed by atoms with Gasteiger partial charge < -0.3 is 4.74 Å². The predicted octanol–water partition coefficient (Wildman–Crippen LogP) is 1.20. The number of carbonyl (C=O) groups excluding carboxylic acids is 1. The van der Waals surface area contributed by atoms with Crippen molar-refractivity contribution in [1.29, 1.82) is 0 Å². The molecule has 0 atom stereocenters. The van der Waals surface area contributed by atoms with Gasteiger partial charge in [0.25, 0.3) is 0 Å². The Morgan fingerprint density at radius 2 is 2.27 bits per heavy atom. The van der Waals surface area contributed by atoms with E-state index < -0.39 is 0 Å². The Morgan fingerprint density at radius 3 is 3.00 bits per heavy atom. The first-order chi connectivity index (χ1) is 7.40. The maximum atomic E-state index is 10.7. The van der Waals surface area contributed by atoms with Crippen LogP contribution in [0.1, 0.15) is 16.1 Å². The van der Waals surface area contributed by atoms with Gasteiger partial charge in [0.05, 0.1) is 11.8 Å². The fraction of sp³-hybridized carbons (Fsp3) is 0.100. The van der Waals surface area contributed by atoms with Crippen molar-refractivity contribution in [1.82, 2.24) is 15.4 Å². The van der Waals surface area contributed by atoms with Crippen LogP contribution in [0.25, 0.3) is 0 Å². The first-order valence-corrected chi connectivity index (χ1v) is 4.42. The number of rotatable bonds is 4. The minimum Gasteiger partial charge on any atom is -0.486 e. The largest absolute Gasteiger partial charge is 0.486 e. The maximum absolute atomic E-state index is 10.7. The van der Waals surface area contributed by atoms with Crippen LogP contribution >= 0.6 is 0 Å². The Kier molecular flexibility index (Phi) is 2.73. The van der Waals surface area contributed by atoms with Crippen LogP contribution in [0.3, 0.4) is 0 Å². The third-order valence-corrected chi connectivity index (χ3v) is 1.89. The molecule has 0 aliphatic rings. The average molecular weight is 203 g/mol. The molecule has 1 heterocycles. The van der Waals surface area contributed by atoms with Gasteiger partial charge in [-0.3, -0.25) is 4.79 Å². The van der Waals surface area contributed by atoms with Gasteiger partial charge in [-0.15, -0.1) is 0 Å². The number of nitrogens with zero attached hydrogens (tertiary/aromatic N) is 2. The summed E-state index contributed by atoms with van der Waals surface area (Å²) in [6.07, 6.45) is 2.33. The van der Waals surface area contributed by atoms with Crippen LogP contribution in [0.15, 0.2) is 30.5 Å². The highest BCUT2D eigenvalue weighted by atomic mass is 16.5. The molecule has 0 aliphatic heterocycles. The molecule has 0 amide bonds. The molecule has 76 valence electrons. The zero-order chi connectivity index (χ0) is 10.5. The Labute approximate surface area is 86.1 Å². The van der Waals surface area contributed by atoms with Crippen molar-refractivity contribution in [2.45, 2.75) is 6.61 Å². The predicted molar refractivity (Wildman–Crippen MR) is 52.5 cm³/mol. The lowest BCUT2D eigenvalue weighted by molar-refractivity contribution is 0.111. The van der Waals surface area contributed by atoms with Crippen LogP contribution < -0.4 is 4.74 Å². The van der Waals surface area contributed by atoms with E-state index in [1.54, 1.807) is 24.4 Å². The lowest BCUT2D eigenvalue weighted by atomic mass is 10.2. The van der Waals surface area contributed by atoms with Gasteiger partial charge in [0, 0.05) is 0 Å². The molecule has 2 aromatic rings. The quantitative estimate of drug-likeness (QED) is 0.758. The van der Waals surface area contributed by atoms with E-state index in [2.05, 4.69) is 15.4 Å². The van der Waals surface area contributed by atoms with Crippen molar-refractivity contribution in [2.24, 2.45) is 0 Å². The second kappa shape index (κ2) is 4.36. The molecule has 1 aromatic carbocycles. The van der Waals surface area contributed by atoms with Crippen molar-refractivity contribution in [3.05, 3.63) is 41.7 Å². The Hall–Kier alpha value is -2.17. The molecule has 0 saturated heterocycles. The summed E-state index contributed by atoms with van der Waals surface area (Å²) in [7, 11) is 0. The molecule has 0 spiro atoms. The summed E-state index contributed by atoms with van der Waals surface area (Å²) in [6.45, 7) is 0.293. The van der Waals surface area contributed by atoms with Crippen LogP contribution in [0.5, 0.6) is 5.75 Å². The van der Waals surface area contributed by atoms with Gasteiger partial charge in [0.2, 0.25) is 0 Å². The number of carbonyl (C=O) groups is 1. The van der Waals surface area contributed by atoms with Crippen molar-refractivity contribution in [3.8, 4) is 5.75 Å². The molecule has 2 rings (SSSR count). The van der Waals surface area contributed by atoms with E-state index in [4.69, 9.17) is 4.74 Å². The molecule has 0 aliphatic carbocycles. The number of para-hydroxylation sites is 1. The molecule has 0 radical (unpaired) electrons. The molecular formula is C10H9N3O2. The minimum absolute atomic E-state index is 0.293. The standard InChI is InChI=1S/C10H9N3O2/c14-6-8-3-1-2-4-10(8)15-7-9-5-11-13-12-9/h1-6H,7H2,(H,11,12,13). The number of H-pyrrole nitrogens is 1. The summed E-state index contributed by atoms with van der Waals surface area (Å²) < 4.78 is 5.42. The third kappa shape index (κ3) is 2.19. The van der Waals surface area contributed by atoms with E-state index in [0.29, 0.717) is 23.6 Å². The highest BCUT2D eigenvalue weighted by Crippen LogP contribution is 2.16. The van der Waals surface area contributed by atoms with Gasteiger partial charge in [0.1, 0.15) is 18.1 Å². The topological polar surface area (TPSA) is 67.9 Å².